The van der Waals surface area contributed by atoms with Crippen LogP contribution in [0.25, 0.3) is 10.2 Å². The van der Waals surface area contributed by atoms with Crippen LogP contribution in [0.5, 0.6) is 5.75 Å². The molecule has 0 saturated carbocycles. The van der Waals surface area contributed by atoms with Gasteiger partial charge in [0.1, 0.15) is 10.6 Å². The first-order valence-corrected chi connectivity index (χ1v) is 10.3. The molecule has 0 spiro atoms. The van der Waals surface area contributed by atoms with E-state index in [0.717, 1.165) is 15.3 Å². The van der Waals surface area contributed by atoms with Gasteiger partial charge in [0.2, 0.25) is 5.91 Å². The van der Waals surface area contributed by atoms with Gasteiger partial charge >= 0.3 is 0 Å². The molecule has 2 amide bonds. The molecule has 3 aromatic rings. The molecule has 0 fully saturated rings. The fraction of sp³-hybridized carbons (Fsp3) is 0.333. The Bertz CT molecular complexity index is 1130. The summed E-state index contributed by atoms with van der Waals surface area (Å²) in [5, 5.41) is 3.42. The van der Waals surface area contributed by atoms with Crippen LogP contribution in [0.3, 0.4) is 0 Å². The van der Waals surface area contributed by atoms with Crippen molar-refractivity contribution in [2.75, 3.05) is 26.0 Å². The highest BCUT2D eigenvalue weighted by Gasteiger charge is 2.13. The van der Waals surface area contributed by atoms with Crippen LogP contribution in [-0.2, 0) is 16.1 Å². The van der Waals surface area contributed by atoms with E-state index in [2.05, 4.69) is 10.3 Å². The van der Waals surface area contributed by atoms with Gasteiger partial charge in [-0.15, -0.1) is 11.3 Å². The summed E-state index contributed by atoms with van der Waals surface area (Å²) in [7, 11) is 3.32. The number of aryl methyl sites for hydroxylation is 3. The molecule has 0 unspecified atom stereocenters. The first-order valence-electron chi connectivity index (χ1n) is 9.44. The van der Waals surface area contributed by atoms with Crippen LogP contribution in [-0.4, -0.2) is 47.0 Å². The summed E-state index contributed by atoms with van der Waals surface area (Å²) in [5.41, 5.74) is 1.43. The maximum absolute atomic E-state index is 12.7. The number of anilines is 1. The zero-order valence-electron chi connectivity index (χ0n) is 17.4. The van der Waals surface area contributed by atoms with Crippen molar-refractivity contribution in [3.05, 3.63) is 51.4 Å². The van der Waals surface area contributed by atoms with Gasteiger partial charge < -0.3 is 15.0 Å². The second-order valence-electron chi connectivity index (χ2n) is 7.11. The molecule has 2 aromatic heterocycles. The van der Waals surface area contributed by atoms with E-state index >= 15 is 0 Å². The second kappa shape index (κ2) is 9.08. The second-order valence-corrected chi connectivity index (χ2v) is 8.31. The molecule has 0 bridgehead atoms. The Hall–Kier alpha value is -3.20. The molecule has 0 atom stereocenters. The van der Waals surface area contributed by atoms with E-state index < -0.39 is 0 Å². The minimum atomic E-state index is -0.211. The number of carbonyl (C=O) groups excluding carboxylic acids is 2. The minimum absolute atomic E-state index is 0.0467. The Morgan fingerprint density at radius 1 is 1.20 bits per heavy atom. The molecule has 158 valence electrons. The summed E-state index contributed by atoms with van der Waals surface area (Å²) in [5.74, 6) is 0.190. The lowest BCUT2D eigenvalue weighted by atomic mass is 10.2. The van der Waals surface area contributed by atoms with Crippen molar-refractivity contribution < 1.29 is 14.3 Å². The number of nitrogens with one attached hydrogen (secondary N) is 1. The fourth-order valence-corrected chi connectivity index (χ4v) is 3.77. The predicted molar refractivity (Wildman–Crippen MR) is 117 cm³/mol. The molecule has 8 nitrogen and oxygen atoms in total. The minimum Gasteiger partial charge on any atom is -0.484 e. The number of rotatable bonds is 7. The van der Waals surface area contributed by atoms with E-state index in [9.17, 15) is 14.4 Å². The number of likely N-dealkylation sites (N-methyl/N-ethyl adjacent to an activating group) is 1. The zero-order chi connectivity index (χ0) is 21.8. The van der Waals surface area contributed by atoms with Crippen molar-refractivity contribution in [3.8, 4) is 5.75 Å². The van der Waals surface area contributed by atoms with Gasteiger partial charge in [0, 0.05) is 37.6 Å². The summed E-state index contributed by atoms with van der Waals surface area (Å²) in [6, 6.07) is 6.76. The third-order valence-corrected chi connectivity index (χ3v) is 5.85. The number of amides is 2. The van der Waals surface area contributed by atoms with Crippen LogP contribution >= 0.6 is 11.3 Å². The maximum Gasteiger partial charge on any atom is 0.262 e. The van der Waals surface area contributed by atoms with Gasteiger partial charge in [0.15, 0.2) is 6.61 Å². The van der Waals surface area contributed by atoms with Crippen molar-refractivity contribution >= 4 is 39.1 Å². The highest BCUT2D eigenvalue weighted by atomic mass is 32.1. The maximum atomic E-state index is 12.7. The number of thiophene rings is 1. The Kier molecular flexibility index (Phi) is 6.51. The van der Waals surface area contributed by atoms with Crippen LogP contribution in [0.15, 0.2) is 35.4 Å². The highest BCUT2D eigenvalue weighted by Crippen LogP contribution is 2.25. The van der Waals surface area contributed by atoms with E-state index in [1.807, 2.05) is 13.8 Å². The van der Waals surface area contributed by atoms with Crippen molar-refractivity contribution in [3.63, 3.8) is 0 Å². The number of hydrogen-bond acceptors (Lipinski definition) is 6. The Morgan fingerprint density at radius 2 is 1.90 bits per heavy atom. The van der Waals surface area contributed by atoms with Gasteiger partial charge in [0.05, 0.1) is 11.7 Å². The predicted octanol–water partition coefficient (Wildman–Crippen LogP) is 2.57. The molecule has 1 N–H and O–H groups in total. The van der Waals surface area contributed by atoms with E-state index in [4.69, 9.17) is 4.74 Å². The third kappa shape index (κ3) is 4.85. The zero-order valence-corrected chi connectivity index (χ0v) is 18.2. The molecule has 3 rings (SSSR count). The highest BCUT2D eigenvalue weighted by molar-refractivity contribution is 7.18. The van der Waals surface area contributed by atoms with Crippen LogP contribution in [0, 0.1) is 13.8 Å². The molecule has 2 heterocycles. The number of ether oxygens (including phenoxy) is 1. The molecule has 0 aliphatic heterocycles. The van der Waals surface area contributed by atoms with Gasteiger partial charge in [-0.1, -0.05) is 0 Å². The van der Waals surface area contributed by atoms with Gasteiger partial charge in [-0.2, -0.15) is 0 Å². The number of hydrogen-bond donors (Lipinski definition) is 1. The van der Waals surface area contributed by atoms with Gasteiger partial charge in [-0.3, -0.25) is 19.0 Å². The summed E-state index contributed by atoms with van der Waals surface area (Å²) >= 11 is 1.50. The lowest BCUT2D eigenvalue weighted by molar-refractivity contribution is -0.130. The normalized spacial score (nSPS) is 10.8. The average Bonchev–Trinajstić information content (AvgIpc) is 3.01. The summed E-state index contributed by atoms with van der Waals surface area (Å²) in [6.45, 7) is 4.08. The van der Waals surface area contributed by atoms with E-state index in [-0.39, 0.29) is 36.9 Å². The van der Waals surface area contributed by atoms with Crippen LogP contribution in [0.4, 0.5) is 5.69 Å². The molecule has 0 saturated heterocycles. The molecular formula is C21H24N4O4S. The first-order chi connectivity index (χ1) is 14.3. The quantitative estimate of drug-likeness (QED) is 0.624. The SMILES string of the molecule is Cc1sc2ncn(CCC(=O)Nc3ccc(OCC(=O)N(C)C)cc3)c(=O)c2c1C. The molecule has 9 heteroatoms. The number of benzene rings is 1. The van der Waals surface area contributed by atoms with Gasteiger partial charge in [-0.05, 0) is 43.7 Å². The van der Waals surface area contributed by atoms with Crippen LogP contribution in [0.2, 0.25) is 0 Å². The lowest BCUT2D eigenvalue weighted by Crippen LogP contribution is -2.27. The number of nitrogens with zero attached hydrogens (tertiary/aromatic N) is 3. The molecular weight excluding hydrogens is 404 g/mol. The summed E-state index contributed by atoms with van der Waals surface area (Å²) in [6.07, 6.45) is 1.64. The van der Waals surface area contributed by atoms with E-state index in [0.29, 0.717) is 16.8 Å². The third-order valence-electron chi connectivity index (χ3n) is 4.73. The van der Waals surface area contributed by atoms with Gasteiger partial charge in [0.25, 0.3) is 11.5 Å². The van der Waals surface area contributed by atoms with Crippen LogP contribution < -0.4 is 15.6 Å². The topological polar surface area (TPSA) is 93.5 Å². The first kappa shape index (κ1) is 21.5. The molecule has 0 aliphatic rings. The molecule has 30 heavy (non-hydrogen) atoms. The largest absolute Gasteiger partial charge is 0.484 e. The summed E-state index contributed by atoms with van der Waals surface area (Å²) < 4.78 is 6.88. The Balaban J connectivity index is 1.57. The summed E-state index contributed by atoms with van der Waals surface area (Å²) in [4.78, 5) is 44.1. The van der Waals surface area contributed by atoms with Crippen molar-refractivity contribution in [2.24, 2.45) is 0 Å². The fourth-order valence-electron chi connectivity index (χ4n) is 2.78. The monoisotopic (exact) mass is 428 g/mol. The molecule has 1 aromatic carbocycles. The van der Waals surface area contributed by atoms with Crippen molar-refractivity contribution in [1.29, 1.82) is 0 Å². The van der Waals surface area contributed by atoms with E-state index in [1.54, 1.807) is 38.4 Å². The van der Waals surface area contributed by atoms with E-state index in [1.165, 1.54) is 27.1 Å². The average molecular weight is 429 g/mol. The standard InChI is InChI=1S/C21H24N4O4S/c1-13-14(2)30-20-19(13)21(28)25(12-22-20)10-9-17(26)23-15-5-7-16(8-6-15)29-11-18(27)24(3)4/h5-8,12H,9-11H2,1-4H3,(H,23,26). The Labute approximate surface area is 178 Å². The lowest BCUT2D eigenvalue weighted by Gasteiger charge is -2.12. The number of fused-ring (bicyclic) bond motifs is 1. The van der Waals surface area contributed by atoms with Crippen LogP contribution in [0.1, 0.15) is 16.9 Å². The van der Waals surface area contributed by atoms with Crippen molar-refractivity contribution in [2.45, 2.75) is 26.8 Å². The van der Waals surface area contributed by atoms with Gasteiger partial charge in [-0.25, -0.2) is 4.98 Å². The number of carbonyl (C=O) groups is 2. The van der Waals surface area contributed by atoms with Crippen molar-refractivity contribution in [1.82, 2.24) is 14.5 Å². The molecule has 0 aliphatic carbocycles. The molecule has 0 radical (unpaired) electrons. The number of aromatic nitrogens is 2. The smallest absolute Gasteiger partial charge is 0.262 e. The Morgan fingerprint density at radius 3 is 2.57 bits per heavy atom.